The molecule has 0 radical (unpaired) electrons. The van der Waals surface area contributed by atoms with E-state index in [2.05, 4.69) is 6.07 Å². The van der Waals surface area contributed by atoms with Gasteiger partial charge in [0, 0.05) is 10.8 Å². The molecule has 9 aromatic rings. The first-order valence-corrected chi connectivity index (χ1v) is 14.8. The molecule has 0 fully saturated rings. The largest absolute Gasteiger partial charge is 0.456 e. The van der Waals surface area contributed by atoms with Crippen LogP contribution in [0.2, 0.25) is 0 Å². The van der Waals surface area contributed by atoms with Crippen LogP contribution < -0.4 is 0 Å². The molecule has 9 rings (SSSR count). The number of fused-ring (bicyclic) bond motifs is 5. The molecule has 0 aliphatic heterocycles. The number of hydrogen-bond acceptors (Lipinski definition) is 1. The van der Waals surface area contributed by atoms with Crippen LogP contribution in [-0.2, 0) is 0 Å². The van der Waals surface area contributed by atoms with E-state index in [-0.39, 0.29) is 45.7 Å². The van der Waals surface area contributed by atoms with Gasteiger partial charge in [-0.3, -0.25) is 0 Å². The number of hydrogen-bond donors (Lipinski definition) is 0. The lowest BCUT2D eigenvalue weighted by molar-refractivity contribution is 0.669. The highest BCUT2D eigenvalue weighted by Gasteiger charge is 2.19. The Morgan fingerprint density at radius 3 is 1.38 bits per heavy atom. The van der Waals surface area contributed by atoms with Crippen LogP contribution in [0.1, 0.15) is 11.0 Å². The number of benzene rings is 8. The van der Waals surface area contributed by atoms with Gasteiger partial charge in [0.1, 0.15) is 11.2 Å². The first-order valence-electron chi connectivity index (χ1n) is 18.8. The number of rotatable bonds is 4. The number of para-hydroxylation sites is 1. The van der Waals surface area contributed by atoms with Crippen LogP contribution in [-0.4, -0.2) is 0 Å². The minimum Gasteiger partial charge on any atom is -0.456 e. The summed E-state index contributed by atoms with van der Waals surface area (Å²) >= 11 is 0. The summed E-state index contributed by atoms with van der Waals surface area (Å²) in [6, 6.07) is 35.6. The summed E-state index contributed by atoms with van der Waals surface area (Å²) in [5.74, 6) is 0. The third kappa shape index (κ3) is 4.24. The predicted octanol–water partition coefficient (Wildman–Crippen LogP) is 12.6. The zero-order chi connectivity index (χ0) is 36.7. The van der Waals surface area contributed by atoms with E-state index in [0.717, 1.165) is 33.0 Å². The SMILES string of the molecule is [2H]c1c([2H])c([2H])c2c(-c3ccc4oc5ccccc5c4c3)c3c([2H])c([2H])c([2H])c([2H])c3c(-c3cc(-c4ccccc4)cc(-c4ccccc4)c3)c2c1[2H]. The summed E-state index contributed by atoms with van der Waals surface area (Å²) < 4.78 is 79.1. The molecule has 0 saturated heterocycles. The molecule has 0 atom stereocenters. The summed E-state index contributed by atoms with van der Waals surface area (Å²) in [6.45, 7) is 0. The van der Waals surface area contributed by atoms with Gasteiger partial charge >= 0.3 is 0 Å². The van der Waals surface area contributed by atoms with E-state index in [1.165, 1.54) is 0 Å². The lowest BCUT2D eigenvalue weighted by Gasteiger charge is -2.19. The molecule has 0 bridgehead atoms. The maximum atomic E-state index is 9.42. The van der Waals surface area contributed by atoms with Crippen molar-refractivity contribution in [2.24, 2.45) is 0 Å². The van der Waals surface area contributed by atoms with Gasteiger partial charge < -0.3 is 4.42 Å². The standard InChI is InChI=1S/C44H28O/c1-3-13-29(14-4-1)32-25-33(30-15-5-2-6-16-30)27-34(26-32)44-38-20-9-7-18-36(38)43(37-19-8-10-21-39(37)44)31-23-24-42-40(28-31)35-17-11-12-22-41(35)45-42/h1-28H/i7D,8D,9D,10D,18D,19D,20D,21D. The molecule has 1 heterocycles. The Kier molecular flexibility index (Phi) is 4.30. The molecule has 1 heteroatoms. The summed E-state index contributed by atoms with van der Waals surface area (Å²) in [7, 11) is 0. The maximum Gasteiger partial charge on any atom is 0.135 e. The van der Waals surface area contributed by atoms with Crippen molar-refractivity contribution in [3.8, 4) is 44.5 Å². The molecule has 0 aliphatic carbocycles. The van der Waals surface area contributed by atoms with Crippen molar-refractivity contribution in [3.05, 3.63) is 170 Å². The zero-order valence-corrected chi connectivity index (χ0v) is 24.0. The molecule has 45 heavy (non-hydrogen) atoms. The van der Waals surface area contributed by atoms with Gasteiger partial charge in [0.15, 0.2) is 0 Å². The van der Waals surface area contributed by atoms with Crippen LogP contribution in [0.5, 0.6) is 0 Å². The second-order valence-electron chi connectivity index (χ2n) is 11.1. The third-order valence-electron chi connectivity index (χ3n) is 8.48. The molecule has 0 aliphatic rings. The monoisotopic (exact) mass is 580 g/mol. The average Bonchev–Trinajstić information content (AvgIpc) is 3.58. The molecule has 0 amide bonds. The highest BCUT2D eigenvalue weighted by molar-refractivity contribution is 6.22. The van der Waals surface area contributed by atoms with Gasteiger partial charge in [-0.25, -0.2) is 0 Å². The Morgan fingerprint density at radius 2 is 0.800 bits per heavy atom. The molecule has 0 saturated carbocycles. The van der Waals surface area contributed by atoms with E-state index in [1.54, 1.807) is 12.1 Å². The Bertz CT molecular complexity index is 2830. The highest BCUT2D eigenvalue weighted by Crippen LogP contribution is 2.46. The Balaban J connectivity index is 1.52. The highest BCUT2D eigenvalue weighted by atomic mass is 16.3. The maximum absolute atomic E-state index is 9.42. The van der Waals surface area contributed by atoms with E-state index >= 15 is 0 Å². The summed E-state index contributed by atoms with van der Waals surface area (Å²) in [4.78, 5) is 0. The lowest BCUT2D eigenvalue weighted by atomic mass is 9.84. The third-order valence-corrected chi connectivity index (χ3v) is 8.48. The van der Waals surface area contributed by atoms with E-state index < -0.39 is 24.2 Å². The van der Waals surface area contributed by atoms with Gasteiger partial charge in [-0.1, -0.05) is 133 Å². The summed E-state index contributed by atoms with van der Waals surface area (Å²) in [5.41, 5.74) is 6.51. The summed E-state index contributed by atoms with van der Waals surface area (Å²) in [5, 5.41) is 2.30. The van der Waals surface area contributed by atoms with Crippen LogP contribution in [0.4, 0.5) is 0 Å². The molecule has 0 N–H and O–H groups in total. The van der Waals surface area contributed by atoms with E-state index in [4.69, 9.17) is 9.90 Å². The molecule has 8 aromatic carbocycles. The van der Waals surface area contributed by atoms with Crippen molar-refractivity contribution >= 4 is 43.5 Å². The van der Waals surface area contributed by atoms with Crippen molar-refractivity contribution < 1.29 is 15.4 Å². The van der Waals surface area contributed by atoms with Crippen molar-refractivity contribution in [2.45, 2.75) is 0 Å². The van der Waals surface area contributed by atoms with Crippen LogP contribution in [0, 0.1) is 0 Å². The van der Waals surface area contributed by atoms with Gasteiger partial charge in [-0.05, 0) is 102 Å². The normalized spacial score (nSPS) is 14.0. The fraction of sp³-hybridized carbons (Fsp3) is 0. The van der Waals surface area contributed by atoms with Crippen LogP contribution in [0.25, 0.3) is 88.0 Å². The predicted molar refractivity (Wildman–Crippen MR) is 190 cm³/mol. The smallest absolute Gasteiger partial charge is 0.135 e. The van der Waals surface area contributed by atoms with Crippen molar-refractivity contribution in [1.29, 1.82) is 0 Å². The van der Waals surface area contributed by atoms with Gasteiger partial charge in [0.2, 0.25) is 0 Å². The zero-order valence-electron chi connectivity index (χ0n) is 32.0. The minimum atomic E-state index is -0.437. The fourth-order valence-corrected chi connectivity index (χ4v) is 6.45. The van der Waals surface area contributed by atoms with Crippen molar-refractivity contribution in [2.75, 3.05) is 0 Å². The quantitative estimate of drug-likeness (QED) is 0.189. The summed E-state index contributed by atoms with van der Waals surface area (Å²) in [6.07, 6.45) is 0. The van der Waals surface area contributed by atoms with Gasteiger partial charge in [0.05, 0.1) is 11.0 Å². The van der Waals surface area contributed by atoms with E-state index in [1.807, 2.05) is 103 Å². The topological polar surface area (TPSA) is 13.1 Å². The van der Waals surface area contributed by atoms with Crippen LogP contribution in [0.15, 0.2) is 174 Å². The van der Waals surface area contributed by atoms with E-state index in [9.17, 15) is 5.48 Å². The van der Waals surface area contributed by atoms with Gasteiger partial charge in [-0.15, -0.1) is 0 Å². The van der Waals surface area contributed by atoms with E-state index in [0.29, 0.717) is 33.4 Å². The fourth-order valence-electron chi connectivity index (χ4n) is 6.45. The second kappa shape index (κ2) is 10.4. The Hall–Kier alpha value is -5.92. The van der Waals surface area contributed by atoms with Crippen LogP contribution in [0.3, 0.4) is 0 Å². The Labute approximate surface area is 272 Å². The van der Waals surface area contributed by atoms with Crippen LogP contribution >= 0.6 is 0 Å². The molecular formula is C44H28O. The van der Waals surface area contributed by atoms with Gasteiger partial charge in [-0.2, -0.15) is 0 Å². The molecule has 1 aromatic heterocycles. The molecular weight excluding hydrogens is 544 g/mol. The number of furan rings is 1. The van der Waals surface area contributed by atoms with Crippen molar-refractivity contribution in [1.82, 2.24) is 0 Å². The molecule has 1 nitrogen and oxygen atoms in total. The second-order valence-corrected chi connectivity index (χ2v) is 11.1. The lowest BCUT2D eigenvalue weighted by Crippen LogP contribution is -1.92. The average molecular weight is 581 g/mol. The molecule has 0 unspecified atom stereocenters. The van der Waals surface area contributed by atoms with Gasteiger partial charge in [0.25, 0.3) is 0 Å². The molecule has 210 valence electrons. The first kappa shape index (κ1) is 18.7. The molecule has 0 spiro atoms. The minimum absolute atomic E-state index is 0.169. The Morgan fingerprint density at radius 1 is 0.333 bits per heavy atom. The first-order chi connectivity index (χ1) is 25.6. The van der Waals surface area contributed by atoms with Crippen molar-refractivity contribution in [3.63, 3.8) is 0 Å².